The van der Waals surface area contributed by atoms with Gasteiger partial charge in [-0.15, -0.1) is 0 Å². The minimum Gasteiger partial charge on any atom is -0.490 e. The van der Waals surface area contributed by atoms with Crippen LogP contribution in [0.5, 0.6) is 11.5 Å². The minimum atomic E-state index is -0.732. The average molecular weight is 600 g/mol. The zero-order valence-electron chi connectivity index (χ0n) is 24.3. The lowest BCUT2D eigenvalue weighted by atomic mass is 10.0. The quantitative estimate of drug-likeness (QED) is 0.199. The van der Waals surface area contributed by atoms with Crippen LogP contribution in [-0.4, -0.2) is 42.0 Å². The van der Waals surface area contributed by atoms with Crippen molar-refractivity contribution in [2.75, 3.05) is 13.2 Å². The van der Waals surface area contributed by atoms with E-state index >= 15 is 0 Å². The second kappa shape index (κ2) is 16.3. The molecule has 0 aliphatic carbocycles. The van der Waals surface area contributed by atoms with Gasteiger partial charge in [-0.05, 0) is 74.6 Å². The lowest BCUT2D eigenvalue weighted by Gasteiger charge is -2.32. The van der Waals surface area contributed by atoms with Crippen LogP contribution in [0.25, 0.3) is 0 Å². The fraction of sp³-hybridized carbons (Fsp3) is 0.394. The van der Waals surface area contributed by atoms with Crippen molar-refractivity contribution in [1.82, 2.24) is 10.2 Å². The van der Waals surface area contributed by atoms with E-state index in [1.54, 1.807) is 23.1 Å². The molecule has 3 rings (SSSR count). The van der Waals surface area contributed by atoms with Gasteiger partial charge in [0.2, 0.25) is 11.8 Å². The summed E-state index contributed by atoms with van der Waals surface area (Å²) in [5.74, 6) is 0.983. The molecule has 2 amide bonds. The van der Waals surface area contributed by atoms with E-state index in [-0.39, 0.29) is 30.8 Å². The summed E-state index contributed by atoms with van der Waals surface area (Å²) in [5.41, 5.74) is 2.63. The molecule has 0 heterocycles. The maximum atomic E-state index is 14.0. The SMILES string of the molecule is CCOc1ccc(CCC(=O)N(Cc2ccc(Cl)cc2Cl)[C@H](Cc2ccccc2)C(=O)N[C@@H](C)CC)cc1OCC. The van der Waals surface area contributed by atoms with Crippen LogP contribution in [-0.2, 0) is 29.0 Å². The predicted molar refractivity (Wildman–Crippen MR) is 166 cm³/mol. The first kappa shape index (κ1) is 32.3. The van der Waals surface area contributed by atoms with Crippen LogP contribution in [0.15, 0.2) is 66.7 Å². The Balaban J connectivity index is 1.94. The Morgan fingerprint density at radius 2 is 1.59 bits per heavy atom. The number of halogens is 2. The maximum Gasteiger partial charge on any atom is 0.243 e. The first-order valence-electron chi connectivity index (χ1n) is 14.2. The van der Waals surface area contributed by atoms with Gasteiger partial charge in [-0.3, -0.25) is 9.59 Å². The smallest absolute Gasteiger partial charge is 0.243 e. The van der Waals surface area contributed by atoms with Gasteiger partial charge >= 0.3 is 0 Å². The zero-order valence-corrected chi connectivity index (χ0v) is 25.8. The van der Waals surface area contributed by atoms with Gasteiger partial charge in [0.25, 0.3) is 0 Å². The second-order valence-corrected chi connectivity index (χ2v) is 10.8. The standard InChI is InChI=1S/C33H40Cl2N2O4/c1-5-23(4)36-33(39)29(19-24-11-9-8-10-12-24)37(22-26-15-16-27(34)21-28(26)35)32(38)18-14-25-13-17-30(40-6-2)31(20-25)41-7-3/h8-13,15-17,20-21,23,29H,5-7,14,18-19,22H2,1-4H3,(H,36,39)/t23-,29+/m0/s1. The molecule has 0 saturated carbocycles. The topological polar surface area (TPSA) is 67.9 Å². The van der Waals surface area contributed by atoms with Gasteiger partial charge in [0.1, 0.15) is 6.04 Å². The summed E-state index contributed by atoms with van der Waals surface area (Å²) < 4.78 is 11.5. The predicted octanol–water partition coefficient (Wildman–Crippen LogP) is 7.28. The van der Waals surface area contributed by atoms with Crippen LogP contribution in [0.4, 0.5) is 0 Å². The summed E-state index contributed by atoms with van der Waals surface area (Å²) in [4.78, 5) is 29.3. The van der Waals surface area contributed by atoms with Crippen molar-refractivity contribution in [2.24, 2.45) is 0 Å². The van der Waals surface area contributed by atoms with E-state index in [9.17, 15) is 9.59 Å². The van der Waals surface area contributed by atoms with E-state index in [0.29, 0.717) is 47.6 Å². The highest BCUT2D eigenvalue weighted by molar-refractivity contribution is 6.35. The summed E-state index contributed by atoms with van der Waals surface area (Å²) in [6.07, 6.45) is 1.83. The number of nitrogens with one attached hydrogen (secondary N) is 1. The molecule has 6 nitrogen and oxygen atoms in total. The molecule has 41 heavy (non-hydrogen) atoms. The molecule has 0 radical (unpaired) electrons. The van der Waals surface area contributed by atoms with Crippen LogP contribution in [0.2, 0.25) is 10.0 Å². The Morgan fingerprint density at radius 3 is 2.24 bits per heavy atom. The van der Waals surface area contributed by atoms with Gasteiger partial charge in [-0.1, -0.05) is 72.6 Å². The number of benzene rings is 3. The van der Waals surface area contributed by atoms with Crippen LogP contribution >= 0.6 is 23.2 Å². The van der Waals surface area contributed by atoms with Crippen molar-refractivity contribution in [3.05, 3.63) is 93.5 Å². The molecule has 0 bridgehead atoms. The molecule has 3 aromatic rings. The van der Waals surface area contributed by atoms with Crippen LogP contribution < -0.4 is 14.8 Å². The number of aryl methyl sites for hydroxylation is 1. The molecule has 2 atom stereocenters. The summed E-state index contributed by atoms with van der Waals surface area (Å²) in [6.45, 7) is 9.03. The van der Waals surface area contributed by atoms with Gasteiger partial charge in [0.05, 0.1) is 13.2 Å². The number of carbonyl (C=O) groups is 2. The van der Waals surface area contributed by atoms with E-state index in [2.05, 4.69) is 5.32 Å². The van der Waals surface area contributed by atoms with Crippen LogP contribution in [0.1, 0.15) is 57.2 Å². The number of rotatable bonds is 15. The Kier molecular flexibility index (Phi) is 12.8. The van der Waals surface area contributed by atoms with Crippen molar-refractivity contribution >= 4 is 35.0 Å². The normalized spacial score (nSPS) is 12.3. The fourth-order valence-electron chi connectivity index (χ4n) is 4.47. The van der Waals surface area contributed by atoms with E-state index in [4.69, 9.17) is 32.7 Å². The Morgan fingerprint density at radius 1 is 0.878 bits per heavy atom. The van der Waals surface area contributed by atoms with Gasteiger partial charge in [0.15, 0.2) is 11.5 Å². The highest BCUT2D eigenvalue weighted by Crippen LogP contribution is 2.30. The summed E-state index contributed by atoms with van der Waals surface area (Å²) >= 11 is 12.7. The fourth-order valence-corrected chi connectivity index (χ4v) is 4.94. The Hall–Kier alpha value is -3.22. The molecular formula is C33H40Cl2N2O4. The van der Waals surface area contributed by atoms with E-state index in [1.165, 1.54) is 0 Å². The van der Waals surface area contributed by atoms with Gasteiger partial charge in [-0.25, -0.2) is 0 Å². The molecule has 220 valence electrons. The van der Waals surface area contributed by atoms with Crippen molar-refractivity contribution in [2.45, 2.75) is 72.0 Å². The highest BCUT2D eigenvalue weighted by Gasteiger charge is 2.31. The van der Waals surface area contributed by atoms with Crippen molar-refractivity contribution in [1.29, 1.82) is 0 Å². The third kappa shape index (κ3) is 9.68. The zero-order chi connectivity index (χ0) is 29.8. The van der Waals surface area contributed by atoms with Gasteiger partial charge < -0.3 is 19.7 Å². The molecular weight excluding hydrogens is 559 g/mol. The summed E-state index contributed by atoms with van der Waals surface area (Å²) in [5, 5.41) is 4.05. The van der Waals surface area contributed by atoms with Gasteiger partial charge in [0, 0.05) is 35.5 Å². The minimum absolute atomic E-state index is 0.0299. The van der Waals surface area contributed by atoms with E-state index in [1.807, 2.05) is 76.2 Å². The molecule has 0 aliphatic rings. The average Bonchev–Trinajstić information content (AvgIpc) is 2.96. The maximum absolute atomic E-state index is 14.0. The molecule has 3 aromatic carbocycles. The number of carbonyl (C=O) groups excluding carboxylic acids is 2. The third-order valence-corrected chi connectivity index (χ3v) is 7.45. The van der Waals surface area contributed by atoms with E-state index < -0.39 is 6.04 Å². The van der Waals surface area contributed by atoms with Crippen molar-refractivity contribution < 1.29 is 19.1 Å². The number of hydrogen-bond acceptors (Lipinski definition) is 4. The largest absolute Gasteiger partial charge is 0.490 e. The van der Waals surface area contributed by atoms with Crippen molar-refractivity contribution in [3.63, 3.8) is 0 Å². The molecule has 0 saturated heterocycles. The van der Waals surface area contributed by atoms with Crippen LogP contribution in [0, 0.1) is 0 Å². The number of hydrogen-bond donors (Lipinski definition) is 1. The lowest BCUT2D eigenvalue weighted by molar-refractivity contribution is -0.141. The monoisotopic (exact) mass is 598 g/mol. The third-order valence-electron chi connectivity index (χ3n) is 6.86. The first-order chi connectivity index (χ1) is 19.7. The molecule has 0 spiro atoms. The van der Waals surface area contributed by atoms with E-state index in [0.717, 1.165) is 23.1 Å². The molecule has 1 N–H and O–H groups in total. The Labute approximate surface area is 253 Å². The summed E-state index contributed by atoms with van der Waals surface area (Å²) in [7, 11) is 0. The summed E-state index contributed by atoms with van der Waals surface area (Å²) in [6, 6.07) is 19.9. The molecule has 0 aliphatic heterocycles. The molecule has 0 unspecified atom stereocenters. The van der Waals surface area contributed by atoms with Gasteiger partial charge in [-0.2, -0.15) is 0 Å². The first-order valence-corrected chi connectivity index (χ1v) is 15.0. The molecule has 0 aromatic heterocycles. The number of amides is 2. The van der Waals surface area contributed by atoms with Crippen LogP contribution in [0.3, 0.4) is 0 Å². The molecule has 0 fully saturated rings. The molecule has 8 heteroatoms. The Bertz CT molecular complexity index is 1290. The highest BCUT2D eigenvalue weighted by atomic mass is 35.5. The second-order valence-electron chi connectivity index (χ2n) is 9.93. The van der Waals surface area contributed by atoms with Crippen molar-refractivity contribution in [3.8, 4) is 11.5 Å². The number of nitrogens with zero attached hydrogens (tertiary/aromatic N) is 1. The lowest BCUT2D eigenvalue weighted by Crippen LogP contribution is -2.52. The number of ether oxygens (including phenoxy) is 2.